The summed E-state index contributed by atoms with van der Waals surface area (Å²) in [5.41, 5.74) is 2.24. The molecular weight excluding hydrogens is 428 g/mol. The van der Waals surface area contributed by atoms with Gasteiger partial charge in [-0.3, -0.25) is 0 Å². The summed E-state index contributed by atoms with van der Waals surface area (Å²) in [7, 11) is 0. The van der Waals surface area contributed by atoms with Crippen molar-refractivity contribution in [2.24, 2.45) is 0 Å². The first-order valence-corrected chi connectivity index (χ1v) is 10.3. The Hall–Kier alpha value is -1.75. The van der Waals surface area contributed by atoms with E-state index in [2.05, 4.69) is 0 Å². The van der Waals surface area contributed by atoms with Gasteiger partial charge in [0.05, 0.1) is 19.8 Å². The predicted molar refractivity (Wildman–Crippen MR) is 112 cm³/mol. The molecule has 31 heavy (non-hydrogen) atoms. The fourth-order valence-electron chi connectivity index (χ4n) is 3.51. The Morgan fingerprint density at radius 2 is 1.58 bits per heavy atom. The SMILES string of the molecule is OCC(CO)Oc1ccc(Cc2cc([C@@H]3O[C@H](CO)[C@@H](O)[C@H](O)[C@H]3O)ccc2Cl)cc1. The van der Waals surface area contributed by atoms with Crippen molar-refractivity contribution >= 4 is 11.6 Å². The highest BCUT2D eigenvalue weighted by Gasteiger charge is 2.44. The zero-order valence-electron chi connectivity index (χ0n) is 16.7. The Balaban J connectivity index is 1.77. The smallest absolute Gasteiger partial charge is 0.145 e. The molecule has 8 nitrogen and oxygen atoms in total. The molecule has 0 saturated carbocycles. The van der Waals surface area contributed by atoms with Crippen LogP contribution in [0.2, 0.25) is 5.02 Å². The van der Waals surface area contributed by atoms with Crippen LogP contribution in [0.1, 0.15) is 22.8 Å². The summed E-state index contributed by atoms with van der Waals surface area (Å²) < 4.78 is 11.1. The van der Waals surface area contributed by atoms with E-state index in [1.54, 1.807) is 30.3 Å². The molecule has 0 radical (unpaired) electrons. The number of hydrogen-bond donors (Lipinski definition) is 6. The van der Waals surface area contributed by atoms with Crippen LogP contribution >= 0.6 is 11.6 Å². The Kier molecular flexibility index (Phi) is 8.26. The highest BCUT2D eigenvalue weighted by molar-refractivity contribution is 6.31. The quantitative estimate of drug-likeness (QED) is 0.332. The molecule has 170 valence electrons. The van der Waals surface area contributed by atoms with Crippen LogP contribution in [0.4, 0.5) is 0 Å². The van der Waals surface area contributed by atoms with Crippen LogP contribution in [0.25, 0.3) is 0 Å². The summed E-state index contributed by atoms with van der Waals surface area (Å²) in [6.45, 7) is -1.08. The van der Waals surface area contributed by atoms with Crippen molar-refractivity contribution in [3.8, 4) is 5.75 Å². The first kappa shape index (κ1) is 23.9. The maximum Gasteiger partial charge on any atom is 0.145 e. The predicted octanol–water partition coefficient (Wildman–Crippen LogP) is 0.178. The average Bonchev–Trinajstić information content (AvgIpc) is 2.79. The van der Waals surface area contributed by atoms with Gasteiger partial charge in [-0.15, -0.1) is 0 Å². The topological polar surface area (TPSA) is 140 Å². The maximum absolute atomic E-state index is 10.4. The number of aliphatic hydroxyl groups is 6. The molecule has 2 aromatic carbocycles. The minimum Gasteiger partial charge on any atom is -0.486 e. The second-order valence-electron chi connectivity index (χ2n) is 7.53. The van der Waals surface area contributed by atoms with Crippen molar-refractivity contribution in [3.63, 3.8) is 0 Å². The molecule has 0 amide bonds. The van der Waals surface area contributed by atoms with Crippen LogP contribution in [0.3, 0.4) is 0 Å². The van der Waals surface area contributed by atoms with E-state index in [4.69, 9.17) is 31.3 Å². The zero-order chi connectivity index (χ0) is 22.5. The Morgan fingerprint density at radius 3 is 2.19 bits per heavy atom. The van der Waals surface area contributed by atoms with Gasteiger partial charge in [0.15, 0.2) is 0 Å². The Labute approximate surface area is 184 Å². The van der Waals surface area contributed by atoms with Crippen LogP contribution in [-0.4, -0.2) is 81.0 Å². The number of ether oxygens (including phenoxy) is 2. The minimum atomic E-state index is -1.45. The molecule has 1 saturated heterocycles. The summed E-state index contributed by atoms with van der Waals surface area (Å²) in [4.78, 5) is 0. The van der Waals surface area contributed by atoms with E-state index in [1.807, 2.05) is 12.1 Å². The lowest BCUT2D eigenvalue weighted by Gasteiger charge is -2.40. The molecule has 1 heterocycles. The number of hydrogen-bond acceptors (Lipinski definition) is 8. The van der Waals surface area contributed by atoms with E-state index in [0.29, 0.717) is 22.8 Å². The lowest BCUT2D eigenvalue weighted by molar-refractivity contribution is -0.231. The summed E-state index contributed by atoms with van der Waals surface area (Å²) in [5.74, 6) is 0.512. The lowest BCUT2D eigenvalue weighted by Crippen LogP contribution is -2.55. The molecule has 1 fully saturated rings. The summed E-state index contributed by atoms with van der Waals surface area (Å²) in [5, 5.41) is 58.5. The van der Waals surface area contributed by atoms with Crippen molar-refractivity contribution < 1.29 is 40.1 Å². The Bertz CT molecular complexity index is 840. The molecule has 1 aliphatic rings. The molecule has 2 aromatic rings. The van der Waals surface area contributed by atoms with Crippen molar-refractivity contribution in [1.82, 2.24) is 0 Å². The van der Waals surface area contributed by atoms with Gasteiger partial charge in [-0.05, 0) is 41.3 Å². The first-order valence-electron chi connectivity index (χ1n) is 9.94. The fourth-order valence-corrected chi connectivity index (χ4v) is 3.70. The maximum atomic E-state index is 10.4. The molecule has 0 bridgehead atoms. The second kappa shape index (κ2) is 10.7. The summed E-state index contributed by atoms with van der Waals surface area (Å²) >= 11 is 6.35. The average molecular weight is 455 g/mol. The molecule has 0 aromatic heterocycles. The second-order valence-corrected chi connectivity index (χ2v) is 7.93. The third kappa shape index (κ3) is 5.54. The van der Waals surface area contributed by atoms with Crippen LogP contribution < -0.4 is 4.74 Å². The molecule has 6 N–H and O–H groups in total. The van der Waals surface area contributed by atoms with Gasteiger partial charge >= 0.3 is 0 Å². The normalized spacial score (nSPS) is 26.3. The third-order valence-electron chi connectivity index (χ3n) is 5.32. The molecule has 0 unspecified atom stereocenters. The third-order valence-corrected chi connectivity index (χ3v) is 5.69. The van der Waals surface area contributed by atoms with E-state index >= 15 is 0 Å². The number of aliphatic hydroxyl groups excluding tert-OH is 6. The van der Waals surface area contributed by atoms with Gasteiger partial charge < -0.3 is 40.1 Å². The van der Waals surface area contributed by atoms with Gasteiger partial charge in [0, 0.05) is 5.02 Å². The van der Waals surface area contributed by atoms with Crippen LogP contribution in [0, 0.1) is 0 Å². The van der Waals surface area contributed by atoms with E-state index in [9.17, 15) is 20.4 Å². The van der Waals surface area contributed by atoms with Gasteiger partial charge in [0.25, 0.3) is 0 Å². The fraction of sp³-hybridized carbons (Fsp3) is 0.455. The largest absolute Gasteiger partial charge is 0.486 e. The molecular formula is C22H27ClO8. The standard InChI is InChI=1S/C22H27ClO8/c23-17-6-3-13(22-21(29)20(28)19(27)18(11-26)31-22)8-14(17)7-12-1-4-15(5-2-12)30-16(9-24)10-25/h1-6,8,16,18-22,24-29H,7,9-11H2/t18-,19-,20+,21-,22+/m1/s1. The summed E-state index contributed by atoms with van der Waals surface area (Å²) in [6.07, 6.45) is -6.38. The van der Waals surface area contributed by atoms with E-state index in [1.165, 1.54) is 0 Å². The van der Waals surface area contributed by atoms with Crippen molar-refractivity contribution in [2.75, 3.05) is 19.8 Å². The number of benzene rings is 2. The monoisotopic (exact) mass is 454 g/mol. The van der Waals surface area contributed by atoms with E-state index in [0.717, 1.165) is 11.1 Å². The minimum absolute atomic E-state index is 0.293. The lowest BCUT2D eigenvalue weighted by atomic mass is 9.90. The highest BCUT2D eigenvalue weighted by Crippen LogP contribution is 2.34. The van der Waals surface area contributed by atoms with Gasteiger partial charge in [-0.25, -0.2) is 0 Å². The molecule has 3 rings (SSSR count). The van der Waals surface area contributed by atoms with Crippen molar-refractivity contribution in [2.45, 2.75) is 43.0 Å². The molecule has 9 heteroatoms. The number of rotatable bonds is 8. The van der Waals surface area contributed by atoms with Gasteiger partial charge in [-0.1, -0.05) is 35.9 Å². The van der Waals surface area contributed by atoms with Gasteiger partial charge in [0.1, 0.15) is 42.4 Å². The zero-order valence-corrected chi connectivity index (χ0v) is 17.5. The first-order chi connectivity index (χ1) is 14.9. The molecule has 0 spiro atoms. The van der Waals surface area contributed by atoms with E-state index in [-0.39, 0.29) is 13.2 Å². The van der Waals surface area contributed by atoms with Crippen LogP contribution in [-0.2, 0) is 11.2 Å². The van der Waals surface area contributed by atoms with E-state index < -0.39 is 43.2 Å². The molecule has 1 aliphatic heterocycles. The Morgan fingerprint density at radius 1 is 0.903 bits per heavy atom. The summed E-state index contributed by atoms with van der Waals surface area (Å²) in [6, 6.07) is 12.2. The van der Waals surface area contributed by atoms with Crippen molar-refractivity contribution in [3.05, 3.63) is 64.2 Å². The molecule has 0 aliphatic carbocycles. The van der Waals surface area contributed by atoms with Gasteiger partial charge in [0.2, 0.25) is 0 Å². The highest BCUT2D eigenvalue weighted by atomic mass is 35.5. The number of halogens is 1. The van der Waals surface area contributed by atoms with Crippen molar-refractivity contribution in [1.29, 1.82) is 0 Å². The van der Waals surface area contributed by atoms with Crippen LogP contribution in [0.15, 0.2) is 42.5 Å². The van der Waals surface area contributed by atoms with Crippen LogP contribution in [0.5, 0.6) is 5.75 Å². The van der Waals surface area contributed by atoms with Gasteiger partial charge in [-0.2, -0.15) is 0 Å². The molecule has 5 atom stereocenters.